The van der Waals surface area contributed by atoms with Crippen molar-refractivity contribution in [1.29, 1.82) is 0 Å². The van der Waals surface area contributed by atoms with E-state index in [1.807, 2.05) is 50.2 Å². The number of hydrogen-bond donors (Lipinski definition) is 2. The Hall–Kier alpha value is -1.94. The number of rotatable bonds is 4. The van der Waals surface area contributed by atoms with E-state index in [1.54, 1.807) is 7.05 Å². The van der Waals surface area contributed by atoms with Gasteiger partial charge in [0.15, 0.2) is 0 Å². The molecule has 0 aliphatic heterocycles. The van der Waals surface area contributed by atoms with Crippen molar-refractivity contribution < 1.29 is 4.79 Å². The first kappa shape index (κ1) is 13.5. The van der Waals surface area contributed by atoms with Crippen LogP contribution in [0.15, 0.2) is 36.4 Å². The fourth-order valence-electron chi connectivity index (χ4n) is 2.11. The molecule has 19 heavy (non-hydrogen) atoms. The minimum Gasteiger partial charge on any atom is -0.309 e. The molecule has 4 nitrogen and oxygen atoms in total. The Morgan fingerprint density at radius 2 is 1.89 bits per heavy atom. The van der Waals surface area contributed by atoms with Crippen molar-refractivity contribution in [3.63, 3.8) is 0 Å². The molecule has 4 heteroatoms. The molecule has 0 spiro atoms. The molecule has 0 radical (unpaired) electrons. The Morgan fingerprint density at radius 3 is 2.58 bits per heavy atom. The van der Waals surface area contributed by atoms with E-state index in [4.69, 9.17) is 0 Å². The molecule has 2 aromatic rings. The Morgan fingerprint density at radius 1 is 1.16 bits per heavy atom. The molecule has 1 aromatic heterocycles. The molecule has 0 saturated heterocycles. The van der Waals surface area contributed by atoms with E-state index in [0.717, 1.165) is 10.9 Å². The molecule has 0 saturated carbocycles. The number of benzene rings is 1. The van der Waals surface area contributed by atoms with Crippen molar-refractivity contribution in [3.05, 3.63) is 36.4 Å². The number of para-hydroxylation sites is 1. The van der Waals surface area contributed by atoms with Gasteiger partial charge in [-0.05, 0) is 31.2 Å². The Kier molecular flexibility index (Phi) is 4.12. The van der Waals surface area contributed by atoms with Gasteiger partial charge in [-0.25, -0.2) is 4.98 Å². The molecule has 1 unspecified atom stereocenters. The highest BCUT2D eigenvalue weighted by Gasteiger charge is 2.20. The summed E-state index contributed by atoms with van der Waals surface area (Å²) in [6, 6.07) is 11.4. The Bertz CT molecular complexity index is 580. The van der Waals surface area contributed by atoms with Gasteiger partial charge >= 0.3 is 0 Å². The van der Waals surface area contributed by atoms with E-state index in [-0.39, 0.29) is 17.9 Å². The predicted octanol–water partition coefficient (Wildman–Crippen LogP) is 2.42. The molecule has 1 heterocycles. The minimum atomic E-state index is -0.215. The number of likely N-dealkylation sites (N-methyl/N-ethyl adjacent to an activating group) is 1. The first-order valence-corrected chi connectivity index (χ1v) is 6.45. The second-order valence-electron chi connectivity index (χ2n) is 4.89. The van der Waals surface area contributed by atoms with Crippen molar-refractivity contribution in [2.24, 2.45) is 5.92 Å². The lowest BCUT2D eigenvalue weighted by Gasteiger charge is -2.19. The van der Waals surface area contributed by atoms with Crippen LogP contribution in [-0.4, -0.2) is 24.0 Å². The van der Waals surface area contributed by atoms with Crippen LogP contribution in [0.3, 0.4) is 0 Å². The summed E-state index contributed by atoms with van der Waals surface area (Å²) in [6.45, 7) is 4.02. The molecule has 0 bridgehead atoms. The highest BCUT2D eigenvalue weighted by Crippen LogP contribution is 2.15. The maximum atomic E-state index is 12.1. The van der Waals surface area contributed by atoms with Gasteiger partial charge in [0, 0.05) is 5.39 Å². The predicted molar refractivity (Wildman–Crippen MR) is 78.1 cm³/mol. The molecular weight excluding hydrogens is 238 g/mol. The molecule has 1 aromatic carbocycles. The number of aromatic nitrogens is 1. The second-order valence-corrected chi connectivity index (χ2v) is 4.89. The lowest BCUT2D eigenvalue weighted by atomic mass is 10.0. The van der Waals surface area contributed by atoms with Gasteiger partial charge in [0.25, 0.3) is 0 Å². The van der Waals surface area contributed by atoms with Crippen LogP contribution >= 0.6 is 0 Å². The van der Waals surface area contributed by atoms with Gasteiger partial charge in [-0.15, -0.1) is 0 Å². The molecule has 0 aliphatic rings. The Labute approximate surface area is 113 Å². The van der Waals surface area contributed by atoms with Crippen molar-refractivity contribution in [3.8, 4) is 0 Å². The molecule has 100 valence electrons. The first-order valence-electron chi connectivity index (χ1n) is 6.45. The number of pyridine rings is 1. The molecule has 1 amide bonds. The molecule has 0 fully saturated rings. The number of amides is 1. The zero-order valence-electron chi connectivity index (χ0n) is 11.5. The van der Waals surface area contributed by atoms with Gasteiger partial charge < -0.3 is 10.6 Å². The fraction of sp³-hybridized carbons (Fsp3) is 0.333. The number of nitrogens with one attached hydrogen (secondary N) is 2. The van der Waals surface area contributed by atoms with Crippen LogP contribution in [0.5, 0.6) is 0 Å². The highest BCUT2D eigenvalue weighted by molar-refractivity contribution is 5.95. The van der Waals surface area contributed by atoms with Gasteiger partial charge in [-0.1, -0.05) is 32.0 Å². The maximum Gasteiger partial charge on any atom is 0.242 e. The van der Waals surface area contributed by atoms with Crippen molar-refractivity contribution >= 4 is 22.6 Å². The summed E-state index contributed by atoms with van der Waals surface area (Å²) in [5.41, 5.74) is 0.880. The second kappa shape index (κ2) is 5.80. The van der Waals surface area contributed by atoms with Crippen LogP contribution in [0.2, 0.25) is 0 Å². The van der Waals surface area contributed by atoms with Crippen LogP contribution in [-0.2, 0) is 4.79 Å². The van der Waals surface area contributed by atoms with Gasteiger partial charge in [0.05, 0.1) is 11.6 Å². The molecule has 1 atom stereocenters. The van der Waals surface area contributed by atoms with Gasteiger partial charge in [-0.2, -0.15) is 0 Å². The monoisotopic (exact) mass is 257 g/mol. The van der Waals surface area contributed by atoms with E-state index in [2.05, 4.69) is 15.6 Å². The van der Waals surface area contributed by atoms with Crippen LogP contribution in [0, 0.1) is 5.92 Å². The third-order valence-corrected chi connectivity index (χ3v) is 3.11. The van der Waals surface area contributed by atoms with Crippen molar-refractivity contribution in [1.82, 2.24) is 10.3 Å². The van der Waals surface area contributed by atoms with Crippen molar-refractivity contribution in [2.45, 2.75) is 19.9 Å². The third-order valence-electron chi connectivity index (χ3n) is 3.11. The largest absolute Gasteiger partial charge is 0.309 e. The van der Waals surface area contributed by atoms with E-state index < -0.39 is 0 Å². The fourth-order valence-corrected chi connectivity index (χ4v) is 2.11. The van der Waals surface area contributed by atoms with Crippen LogP contribution in [0.1, 0.15) is 13.8 Å². The van der Waals surface area contributed by atoms with Crippen LogP contribution in [0.4, 0.5) is 5.82 Å². The van der Waals surface area contributed by atoms with Crippen LogP contribution < -0.4 is 10.6 Å². The van der Waals surface area contributed by atoms with Crippen molar-refractivity contribution in [2.75, 3.05) is 12.4 Å². The maximum absolute atomic E-state index is 12.1. The van der Waals surface area contributed by atoms with E-state index in [1.165, 1.54) is 0 Å². The number of carbonyl (C=O) groups is 1. The third kappa shape index (κ3) is 3.09. The van der Waals surface area contributed by atoms with E-state index in [9.17, 15) is 4.79 Å². The van der Waals surface area contributed by atoms with Gasteiger partial charge in [0.1, 0.15) is 5.82 Å². The number of hydrogen-bond acceptors (Lipinski definition) is 3. The van der Waals surface area contributed by atoms with E-state index >= 15 is 0 Å². The first-order chi connectivity index (χ1) is 9.11. The summed E-state index contributed by atoms with van der Waals surface area (Å²) in [4.78, 5) is 16.5. The summed E-state index contributed by atoms with van der Waals surface area (Å²) < 4.78 is 0. The van der Waals surface area contributed by atoms with Gasteiger partial charge in [0.2, 0.25) is 5.91 Å². The summed E-state index contributed by atoms with van der Waals surface area (Å²) in [6.07, 6.45) is 0. The number of nitrogens with zero attached hydrogens (tertiary/aromatic N) is 1. The lowest BCUT2D eigenvalue weighted by Crippen LogP contribution is -2.42. The molecule has 0 aliphatic carbocycles. The zero-order valence-corrected chi connectivity index (χ0v) is 11.5. The SMILES string of the molecule is CNC(C(=O)Nc1ccc2ccccc2n1)C(C)C. The zero-order chi connectivity index (χ0) is 13.8. The normalized spacial score (nSPS) is 12.6. The number of fused-ring (bicyclic) bond motifs is 1. The summed E-state index contributed by atoms with van der Waals surface area (Å²) in [5.74, 6) is 0.760. The molecule has 2 rings (SSSR count). The van der Waals surface area contributed by atoms with E-state index in [0.29, 0.717) is 5.82 Å². The standard InChI is InChI=1S/C15H19N3O/c1-10(2)14(16-3)15(19)18-13-9-8-11-6-4-5-7-12(11)17-13/h4-10,14,16H,1-3H3,(H,17,18,19). The number of anilines is 1. The quantitative estimate of drug-likeness (QED) is 0.884. The minimum absolute atomic E-state index is 0.0553. The Balaban J connectivity index is 2.19. The smallest absolute Gasteiger partial charge is 0.242 e. The molecule has 2 N–H and O–H groups in total. The van der Waals surface area contributed by atoms with Gasteiger partial charge in [-0.3, -0.25) is 4.79 Å². The summed E-state index contributed by atoms with van der Waals surface area (Å²) in [5, 5.41) is 6.94. The average molecular weight is 257 g/mol. The van der Waals surface area contributed by atoms with Crippen LogP contribution in [0.25, 0.3) is 10.9 Å². The average Bonchev–Trinajstić information content (AvgIpc) is 2.39. The molecular formula is C15H19N3O. The lowest BCUT2D eigenvalue weighted by molar-refractivity contribution is -0.119. The topological polar surface area (TPSA) is 54.0 Å². The summed E-state index contributed by atoms with van der Waals surface area (Å²) >= 11 is 0. The summed E-state index contributed by atoms with van der Waals surface area (Å²) in [7, 11) is 1.79. The number of carbonyl (C=O) groups excluding carboxylic acids is 1. The highest BCUT2D eigenvalue weighted by atomic mass is 16.2.